The molecule has 0 saturated heterocycles. The predicted molar refractivity (Wildman–Crippen MR) is 88.1 cm³/mol. The second kappa shape index (κ2) is 7.41. The summed E-state index contributed by atoms with van der Waals surface area (Å²) in [5, 5.41) is 12.2. The molecule has 0 aliphatic rings. The number of carbonyl (C=O) groups is 3. The van der Waals surface area contributed by atoms with Gasteiger partial charge in [-0.1, -0.05) is 12.1 Å². The molecule has 0 heterocycles. The minimum Gasteiger partial charge on any atom is -0.507 e. The molecule has 2 aromatic rings. The van der Waals surface area contributed by atoms with Gasteiger partial charge in [0.2, 0.25) is 0 Å². The van der Waals surface area contributed by atoms with Crippen molar-refractivity contribution in [3.8, 4) is 5.75 Å². The quantitative estimate of drug-likeness (QED) is 0.651. The highest BCUT2D eigenvalue weighted by atomic mass is 16.5. The minimum atomic E-state index is -1.05. The van der Waals surface area contributed by atoms with Gasteiger partial charge in [-0.3, -0.25) is 9.59 Å². The third kappa shape index (κ3) is 4.19. The van der Waals surface area contributed by atoms with Crippen LogP contribution >= 0.6 is 0 Å². The highest BCUT2D eigenvalue weighted by molar-refractivity contribution is 5.99. The van der Waals surface area contributed by atoms with Crippen LogP contribution in [0.5, 0.6) is 5.75 Å². The van der Waals surface area contributed by atoms with Crippen molar-refractivity contribution in [3.63, 3.8) is 0 Å². The number of esters is 1. The van der Waals surface area contributed by atoms with Crippen LogP contribution in [0.1, 0.15) is 34.6 Å². The van der Waals surface area contributed by atoms with Crippen LogP contribution in [0.3, 0.4) is 0 Å². The Morgan fingerprint density at radius 3 is 2.25 bits per heavy atom. The lowest BCUT2D eigenvalue weighted by Crippen LogP contribution is -2.30. The zero-order chi connectivity index (χ0) is 17.7. The molecule has 0 saturated carbocycles. The van der Waals surface area contributed by atoms with E-state index in [9.17, 15) is 19.5 Å². The Hall–Kier alpha value is -3.15. The summed E-state index contributed by atoms with van der Waals surface area (Å²) in [6.45, 7) is 2.88. The Bertz CT molecular complexity index is 767. The number of rotatable bonds is 5. The van der Waals surface area contributed by atoms with E-state index in [0.717, 1.165) is 0 Å². The first-order valence-corrected chi connectivity index (χ1v) is 7.29. The Morgan fingerprint density at radius 2 is 1.67 bits per heavy atom. The van der Waals surface area contributed by atoms with Gasteiger partial charge < -0.3 is 15.2 Å². The molecule has 0 spiro atoms. The molecule has 2 N–H and O–H groups in total. The molecule has 0 aliphatic heterocycles. The molecule has 1 unspecified atom stereocenters. The molecule has 0 radical (unpaired) electrons. The third-order valence-corrected chi connectivity index (χ3v) is 3.34. The molecule has 124 valence electrons. The van der Waals surface area contributed by atoms with Crippen LogP contribution in [0.15, 0.2) is 48.5 Å². The number of nitrogens with one attached hydrogen (secondary N) is 1. The van der Waals surface area contributed by atoms with Crippen molar-refractivity contribution >= 4 is 23.3 Å². The van der Waals surface area contributed by atoms with E-state index in [1.165, 1.54) is 26.0 Å². The van der Waals surface area contributed by atoms with E-state index in [2.05, 4.69) is 5.32 Å². The lowest BCUT2D eigenvalue weighted by molar-refractivity contribution is -0.123. The van der Waals surface area contributed by atoms with Crippen LogP contribution in [0, 0.1) is 0 Å². The highest BCUT2D eigenvalue weighted by Crippen LogP contribution is 2.18. The summed E-state index contributed by atoms with van der Waals surface area (Å²) >= 11 is 0. The second-order valence-electron chi connectivity index (χ2n) is 5.19. The maximum Gasteiger partial charge on any atom is 0.342 e. The highest BCUT2D eigenvalue weighted by Gasteiger charge is 2.20. The molecule has 0 fully saturated rings. The molecule has 1 amide bonds. The lowest BCUT2D eigenvalue weighted by atomic mass is 10.1. The second-order valence-corrected chi connectivity index (χ2v) is 5.19. The van der Waals surface area contributed by atoms with Crippen molar-refractivity contribution in [1.29, 1.82) is 0 Å². The number of carbonyl (C=O) groups excluding carboxylic acids is 3. The number of anilines is 1. The molecule has 6 heteroatoms. The standard InChI is InChI=1S/C18H17NO5/c1-11(20)13-7-9-14(10-8-13)19-17(22)12(2)24-18(23)15-5-3-4-6-16(15)21/h3-10,12,21H,1-2H3,(H,19,22). The third-order valence-electron chi connectivity index (χ3n) is 3.34. The van der Waals surface area contributed by atoms with Gasteiger partial charge in [-0.25, -0.2) is 4.79 Å². The maximum absolute atomic E-state index is 12.1. The fourth-order valence-corrected chi connectivity index (χ4v) is 1.96. The fourth-order valence-electron chi connectivity index (χ4n) is 1.96. The average molecular weight is 327 g/mol. The van der Waals surface area contributed by atoms with Crippen LogP contribution in [0.4, 0.5) is 5.69 Å². The summed E-state index contributed by atoms with van der Waals surface area (Å²) in [6.07, 6.45) is -1.05. The van der Waals surface area contributed by atoms with E-state index in [1.807, 2.05) is 0 Å². The van der Waals surface area contributed by atoms with Crippen LogP contribution < -0.4 is 5.32 Å². The molecule has 0 bridgehead atoms. The molecular weight excluding hydrogens is 310 g/mol. The van der Waals surface area contributed by atoms with Crippen molar-refractivity contribution < 1.29 is 24.2 Å². The van der Waals surface area contributed by atoms with Gasteiger partial charge in [0.25, 0.3) is 5.91 Å². The van der Waals surface area contributed by atoms with Gasteiger partial charge in [-0.05, 0) is 50.2 Å². The Labute approximate surface area is 139 Å². The van der Waals surface area contributed by atoms with Crippen molar-refractivity contribution in [2.45, 2.75) is 20.0 Å². The number of phenolic OH excluding ortho intramolecular Hbond substituents is 1. The summed E-state index contributed by atoms with van der Waals surface area (Å²) in [6, 6.07) is 12.3. The largest absolute Gasteiger partial charge is 0.507 e. The fraction of sp³-hybridized carbons (Fsp3) is 0.167. The maximum atomic E-state index is 12.1. The molecule has 2 aromatic carbocycles. The number of ketones is 1. The lowest BCUT2D eigenvalue weighted by Gasteiger charge is -2.14. The number of Topliss-reactive ketones (excluding diaryl/α,β-unsaturated/α-hetero) is 1. The van der Waals surface area contributed by atoms with Crippen LogP contribution in [-0.4, -0.2) is 28.9 Å². The molecule has 6 nitrogen and oxygen atoms in total. The predicted octanol–water partition coefficient (Wildman–Crippen LogP) is 2.78. The number of benzene rings is 2. The molecule has 2 rings (SSSR count). The van der Waals surface area contributed by atoms with Gasteiger partial charge in [-0.2, -0.15) is 0 Å². The van der Waals surface area contributed by atoms with Crippen LogP contribution in [-0.2, 0) is 9.53 Å². The molecule has 1 atom stereocenters. The van der Waals surface area contributed by atoms with E-state index in [4.69, 9.17) is 4.74 Å². The molecule has 24 heavy (non-hydrogen) atoms. The van der Waals surface area contributed by atoms with E-state index in [-0.39, 0.29) is 17.1 Å². The van der Waals surface area contributed by atoms with E-state index < -0.39 is 18.0 Å². The Kier molecular flexibility index (Phi) is 5.31. The first-order chi connectivity index (χ1) is 11.4. The molecular formula is C18H17NO5. The van der Waals surface area contributed by atoms with Crippen molar-refractivity contribution in [2.75, 3.05) is 5.32 Å². The molecule has 0 aromatic heterocycles. The van der Waals surface area contributed by atoms with Gasteiger partial charge in [0.15, 0.2) is 11.9 Å². The summed E-state index contributed by atoms with van der Waals surface area (Å²) in [5.41, 5.74) is 1.01. The van der Waals surface area contributed by atoms with Crippen LogP contribution in [0.2, 0.25) is 0 Å². The van der Waals surface area contributed by atoms with Gasteiger partial charge >= 0.3 is 5.97 Å². The van der Waals surface area contributed by atoms with Gasteiger partial charge in [-0.15, -0.1) is 0 Å². The number of para-hydroxylation sites is 1. The molecule has 0 aliphatic carbocycles. The summed E-state index contributed by atoms with van der Waals surface area (Å²) < 4.78 is 5.05. The zero-order valence-corrected chi connectivity index (χ0v) is 13.3. The SMILES string of the molecule is CC(=O)c1ccc(NC(=O)C(C)OC(=O)c2ccccc2O)cc1. The summed E-state index contributed by atoms with van der Waals surface area (Å²) in [5.74, 6) is -1.59. The summed E-state index contributed by atoms with van der Waals surface area (Å²) in [7, 11) is 0. The normalized spacial score (nSPS) is 11.4. The van der Waals surface area contributed by atoms with Gasteiger partial charge in [0.1, 0.15) is 11.3 Å². The van der Waals surface area contributed by atoms with Crippen molar-refractivity contribution in [2.24, 2.45) is 0 Å². The van der Waals surface area contributed by atoms with Gasteiger partial charge in [0.05, 0.1) is 0 Å². The van der Waals surface area contributed by atoms with Crippen molar-refractivity contribution in [1.82, 2.24) is 0 Å². The number of hydrogen-bond donors (Lipinski definition) is 2. The number of phenols is 1. The van der Waals surface area contributed by atoms with Crippen LogP contribution in [0.25, 0.3) is 0 Å². The number of ether oxygens (including phenoxy) is 1. The topological polar surface area (TPSA) is 92.7 Å². The Morgan fingerprint density at radius 1 is 1.04 bits per heavy atom. The van der Waals surface area contributed by atoms with E-state index >= 15 is 0 Å². The number of aromatic hydroxyl groups is 1. The monoisotopic (exact) mass is 327 g/mol. The minimum absolute atomic E-state index is 0.0111. The smallest absolute Gasteiger partial charge is 0.342 e. The average Bonchev–Trinajstić information content (AvgIpc) is 2.55. The van der Waals surface area contributed by atoms with Crippen molar-refractivity contribution in [3.05, 3.63) is 59.7 Å². The summed E-state index contributed by atoms with van der Waals surface area (Å²) in [4.78, 5) is 35.2. The van der Waals surface area contributed by atoms with Gasteiger partial charge in [0, 0.05) is 11.3 Å². The Balaban J connectivity index is 1.98. The number of amides is 1. The zero-order valence-electron chi connectivity index (χ0n) is 13.3. The number of hydrogen-bond acceptors (Lipinski definition) is 5. The first kappa shape index (κ1) is 17.2. The van der Waals surface area contributed by atoms with E-state index in [1.54, 1.807) is 36.4 Å². The first-order valence-electron chi connectivity index (χ1n) is 7.29. The van der Waals surface area contributed by atoms with E-state index in [0.29, 0.717) is 11.3 Å².